The van der Waals surface area contributed by atoms with E-state index >= 15 is 0 Å². The summed E-state index contributed by atoms with van der Waals surface area (Å²) < 4.78 is 33.7. The molecule has 0 aliphatic rings. The summed E-state index contributed by atoms with van der Waals surface area (Å²) in [4.78, 5) is -0.0536. The third kappa shape index (κ3) is 5.38. The Morgan fingerprint density at radius 1 is 1.06 bits per heavy atom. The van der Waals surface area contributed by atoms with Gasteiger partial charge in [-0.3, -0.25) is 0 Å². The predicted octanol–water partition coefficient (Wildman–Crippen LogP) is 3.82. The molecule has 4 N–H and O–H groups in total. The number of methoxy groups -OCH3 is 1. The lowest BCUT2D eigenvalue weighted by Crippen LogP contribution is -2.40. The Labute approximate surface area is 191 Å². The summed E-state index contributed by atoms with van der Waals surface area (Å²) in [5.41, 5.74) is 7.97. The summed E-state index contributed by atoms with van der Waals surface area (Å²) in [5, 5.41) is 10.9. The van der Waals surface area contributed by atoms with Gasteiger partial charge in [0.05, 0.1) is 12.0 Å². The van der Waals surface area contributed by atoms with Crippen LogP contribution in [0.1, 0.15) is 11.1 Å². The molecule has 0 bridgehead atoms. The topological polar surface area (TPSA) is 102 Å². The number of nitrogens with one attached hydrogen (secondary N) is 1. The van der Waals surface area contributed by atoms with E-state index in [4.69, 9.17) is 33.7 Å². The van der Waals surface area contributed by atoms with Crippen LogP contribution in [0.2, 0.25) is 10.0 Å². The predicted molar refractivity (Wildman–Crippen MR) is 123 cm³/mol. The molecule has 9 heteroatoms. The van der Waals surface area contributed by atoms with Crippen LogP contribution in [0.3, 0.4) is 0 Å². The second-order valence-corrected chi connectivity index (χ2v) is 9.30. The fraction of sp³-hybridized carbons (Fsp3) is 0.182. The smallest absolute Gasteiger partial charge is 0.243 e. The molecule has 1 atom stereocenters. The fourth-order valence-electron chi connectivity index (χ4n) is 3.26. The van der Waals surface area contributed by atoms with Crippen LogP contribution in [0.25, 0.3) is 11.1 Å². The van der Waals surface area contributed by atoms with Crippen molar-refractivity contribution in [1.82, 2.24) is 4.72 Å². The lowest BCUT2D eigenvalue weighted by molar-refractivity contribution is 0.172. The van der Waals surface area contributed by atoms with E-state index < -0.39 is 16.3 Å². The number of sulfonamides is 1. The second-order valence-electron chi connectivity index (χ2n) is 6.78. The van der Waals surface area contributed by atoms with E-state index in [1.54, 1.807) is 36.4 Å². The van der Waals surface area contributed by atoms with Crippen LogP contribution in [0.5, 0.6) is 5.75 Å². The molecule has 0 spiro atoms. The molecule has 6 nitrogen and oxygen atoms in total. The highest BCUT2D eigenvalue weighted by Gasteiger charge is 2.26. The Hall–Kier alpha value is -2.13. The van der Waals surface area contributed by atoms with Gasteiger partial charge in [-0.25, -0.2) is 8.42 Å². The molecule has 0 saturated carbocycles. The maximum Gasteiger partial charge on any atom is 0.243 e. The van der Waals surface area contributed by atoms with Crippen molar-refractivity contribution in [2.75, 3.05) is 13.7 Å². The van der Waals surface area contributed by atoms with Crippen molar-refractivity contribution in [2.24, 2.45) is 5.73 Å². The Kier molecular flexibility index (Phi) is 7.59. The summed E-state index contributed by atoms with van der Waals surface area (Å²) >= 11 is 12.6. The molecule has 0 fully saturated rings. The van der Waals surface area contributed by atoms with Gasteiger partial charge in [-0.15, -0.1) is 0 Å². The van der Waals surface area contributed by atoms with Crippen molar-refractivity contribution < 1.29 is 18.3 Å². The Morgan fingerprint density at radius 3 is 2.48 bits per heavy atom. The highest BCUT2D eigenvalue weighted by Crippen LogP contribution is 2.39. The largest absolute Gasteiger partial charge is 0.496 e. The molecular formula is C22H22Cl2N2O4S. The summed E-state index contributed by atoms with van der Waals surface area (Å²) in [6, 6.07) is 17.3. The highest BCUT2D eigenvalue weighted by atomic mass is 35.5. The van der Waals surface area contributed by atoms with Gasteiger partial charge in [0.25, 0.3) is 0 Å². The molecular weight excluding hydrogens is 459 g/mol. The van der Waals surface area contributed by atoms with Crippen LogP contribution in [-0.2, 0) is 16.4 Å². The molecule has 3 rings (SSSR count). The van der Waals surface area contributed by atoms with Crippen molar-refractivity contribution in [3.05, 3.63) is 81.8 Å². The number of rotatable bonds is 8. The normalized spacial score (nSPS) is 12.5. The zero-order valence-electron chi connectivity index (χ0n) is 16.7. The van der Waals surface area contributed by atoms with Crippen molar-refractivity contribution in [3.63, 3.8) is 0 Å². The van der Waals surface area contributed by atoms with Crippen molar-refractivity contribution in [3.8, 4) is 16.9 Å². The molecule has 1 unspecified atom stereocenters. The second kappa shape index (κ2) is 9.99. The molecule has 3 aromatic carbocycles. The molecule has 0 saturated heterocycles. The van der Waals surface area contributed by atoms with Crippen molar-refractivity contribution in [1.29, 1.82) is 0 Å². The van der Waals surface area contributed by atoms with Crippen LogP contribution in [0.15, 0.2) is 65.6 Å². The number of aliphatic hydroxyl groups excluding tert-OH is 1. The number of hydrogen-bond acceptors (Lipinski definition) is 5. The minimum Gasteiger partial charge on any atom is -0.496 e. The third-order valence-electron chi connectivity index (χ3n) is 4.69. The third-order valence-corrected chi connectivity index (χ3v) is 6.79. The van der Waals surface area contributed by atoms with Gasteiger partial charge in [0.1, 0.15) is 12.0 Å². The maximum absolute atomic E-state index is 13.0. The fourth-order valence-corrected chi connectivity index (χ4v) is 4.98. The molecule has 3 aromatic rings. The van der Waals surface area contributed by atoms with Gasteiger partial charge in [0.15, 0.2) is 0 Å². The zero-order valence-corrected chi connectivity index (χ0v) is 19.0. The first-order valence-corrected chi connectivity index (χ1v) is 11.6. The number of hydrogen-bond donors (Lipinski definition) is 3. The summed E-state index contributed by atoms with van der Waals surface area (Å²) in [6.45, 7) is -0.267. The van der Waals surface area contributed by atoms with Crippen LogP contribution in [-0.4, -0.2) is 33.4 Å². The highest BCUT2D eigenvalue weighted by molar-refractivity contribution is 7.89. The van der Waals surface area contributed by atoms with Crippen molar-refractivity contribution >= 4 is 33.2 Å². The SMILES string of the molecule is COc1cccc(S(=O)(=O)NC(O)CN)c1-c1ccc(Cl)cc1Cc1ccccc1Cl. The van der Waals surface area contributed by atoms with E-state index in [9.17, 15) is 13.5 Å². The minimum atomic E-state index is -4.11. The van der Waals surface area contributed by atoms with E-state index in [0.717, 1.165) is 11.1 Å². The molecule has 0 aliphatic carbocycles. The van der Waals surface area contributed by atoms with Gasteiger partial charge >= 0.3 is 0 Å². The Morgan fingerprint density at radius 2 is 1.81 bits per heavy atom. The Bertz CT molecular complexity index is 1190. The zero-order chi connectivity index (χ0) is 22.6. The summed E-state index contributed by atoms with van der Waals surface area (Å²) in [6.07, 6.45) is -0.997. The summed E-state index contributed by atoms with van der Waals surface area (Å²) in [7, 11) is -2.65. The van der Waals surface area contributed by atoms with Crippen LogP contribution in [0.4, 0.5) is 0 Å². The molecule has 0 radical (unpaired) electrons. The molecule has 0 heterocycles. The van der Waals surface area contributed by atoms with Crippen LogP contribution >= 0.6 is 23.2 Å². The first-order chi connectivity index (χ1) is 14.8. The number of nitrogens with two attached hydrogens (primary N) is 1. The van der Waals surface area contributed by atoms with E-state index in [2.05, 4.69) is 4.72 Å². The lowest BCUT2D eigenvalue weighted by atomic mass is 9.94. The molecule has 0 aliphatic heterocycles. The number of ether oxygens (including phenoxy) is 1. The number of benzene rings is 3. The van der Waals surface area contributed by atoms with Gasteiger partial charge in [-0.1, -0.05) is 53.5 Å². The molecule has 0 amide bonds. The molecule has 31 heavy (non-hydrogen) atoms. The standard InChI is InChI=1S/C22H22Cl2N2O4S/c1-30-19-7-4-8-20(31(28,29)26-21(27)13-25)22(19)17-10-9-16(23)12-15(17)11-14-5-2-3-6-18(14)24/h2-10,12,21,26-27H,11,13,25H2,1H3. The quantitative estimate of drug-likeness (QED) is 0.425. The first-order valence-electron chi connectivity index (χ1n) is 9.36. The van der Waals surface area contributed by atoms with E-state index in [0.29, 0.717) is 33.3 Å². The van der Waals surface area contributed by atoms with Gasteiger partial charge in [0, 0.05) is 22.2 Å². The monoisotopic (exact) mass is 480 g/mol. The first kappa shape index (κ1) is 23.5. The lowest BCUT2D eigenvalue weighted by Gasteiger charge is -2.19. The average molecular weight is 481 g/mol. The number of aliphatic hydroxyl groups is 1. The van der Waals surface area contributed by atoms with Gasteiger partial charge in [-0.05, 0) is 53.4 Å². The van der Waals surface area contributed by atoms with Gasteiger partial charge < -0.3 is 15.6 Å². The van der Waals surface area contributed by atoms with Gasteiger partial charge in [0.2, 0.25) is 10.0 Å². The minimum absolute atomic E-state index is 0.0536. The van der Waals surface area contributed by atoms with Crippen LogP contribution < -0.4 is 15.2 Å². The maximum atomic E-state index is 13.0. The van der Waals surface area contributed by atoms with Crippen molar-refractivity contribution in [2.45, 2.75) is 17.5 Å². The van der Waals surface area contributed by atoms with E-state index in [1.807, 2.05) is 18.2 Å². The summed E-state index contributed by atoms with van der Waals surface area (Å²) in [5.74, 6) is 0.354. The average Bonchev–Trinajstić information content (AvgIpc) is 2.74. The molecule has 164 valence electrons. The van der Waals surface area contributed by atoms with E-state index in [1.165, 1.54) is 13.2 Å². The van der Waals surface area contributed by atoms with E-state index in [-0.39, 0.29) is 11.4 Å². The van der Waals surface area contributed by atoms with Gasteiger partial charge in [-0.2, -0.15) is 4.72 Å². The Balaban J connectivity index is 2.22. The number of halogens is 2. The molecule has 0 aromatic heterocycles. The van der Waals surface area contributed by atoms with Crippen LogP contribution in [0, 0.1) is 0 Å².